The van der Waals surface area contributed by atoms with Crippen LogP contribution in [0, 0.1) is 0 Å². The van der Waals surface area contributed by atoms with Crippen LogP contribution in [0.25, 0.3) is 0 Å². The first-order valence-corrected chi connectivity index (χ1v) is 7.01. The zero-order valence-corrected chi connectivity index (χ0v) is 12.1. The number of anilines is 1. The highest BCUT2D eigenvalue weighted by molar-refractivity contribution is 9.10. The van der Waals surface area contributed by atoms with Gasteiger partial charge in [-0.3, -0.25) is 9.78 Å². The van der Waals surface area contributed by atoms with Crippen LogP contribution in [-0.2, 0) is 0 Å². The average Bonchev–Trinajstić information content (AvgIpc) is 3.11. The van der Waals surface area contributed by atoms with E-state index in [0.717, 1.165) is 19.4 Å². The van der Waals surface area contributed by atoms with Gasteiger partial charge < -0.3 is 15.2 Å². The van der Waals surface area contributed by atoms with Crippen LogP contribution in [0.1, 0.15) is 35.4 Å². The van der Waals surface area contributed by atoms with E-state index in [0.29, 0.717) is 16.1 Å². The fraction of sp³-hybridized carbons (Fsp3) is 0.333. The molecule has 3 heterocycles. The standard InChI is InChI=1S/C12H12BrN5O2/c13-7-6-14-5-3-8(7)16-11(19)10-17-12(20-18-10)9-2-1-4-15-9/h3,5-6,9,15H,1-2,4H2,(H,14,16,19). The summed E-state index contributed by atoms with van der Waals surface area (Å²) in [5, 5.41) is 9.66. The zero-order valence-electron chi connectivity index (χ0n) is 10.5. The van der Waals surface area contributed by atoms with Gasteiger partial charge in [0.2, 0.25) is 5.89 Å². The number of carbonyl (C=O) groups excluding carboxylic acids is 1. The summed E-state index contributed by atoms with van der Waals surface area (Å²) in [5.41, 5.74) is 0.607. The van der Waals surface area contributed by atoms with E-state index in [1.54, 1.807) is 18.5 Å². The van der Waals surface area contributed by atoms with Crippen molar-refractivity contribution in [1.29, 1.82) is 0 Å². The Kier molecular flexibility index (Phi) is 3.75. The highest BCUT2D eigenvalue weighted by Gasteiger charge is 2.24. The molecule has 8 heteroatoms. The molecule has 0 bridgehead atoms. The van der Waals surface area contributed by atoms with Crippen molar-refractivity contribution in [2.45, 2.75) is 18.9 Å². The van der Waals surface area contributed by atoms with E-state index >= 15 is 0 Å². The summed E-state index contributed by atoms with van der Waals surface area (Å²) in [5.74, 6) is 0.0729. The van der Waals surface area contributed by atoms with Crippen LogP contribution in [0.4, 0.5) is 5.69 Å². The normalized spacial score (nSPS) is 18.1. The van der Waals surface area contributed by atoms with Crippen LogP contribution in [0.15, 0.2) is 27.5 Å². The maximum absolute atomic E-state index is 12.0. The lowest BCUT2D eigenvalue weighted by Gasteiger charge is -2.03. The van der Waals surface area contributed by atoms with Gasteiger partial charge in [0.05, 0.1) is 16.2 Å². The first-order valence-electron chi connectivity index (χ1n) is 6.22. The third-order valence-corrected chi connectivity index (χ3v) is 3.66. The van der Waals surface area contributed by atoms with Crippen molar-refractivity contribution in [3.05, 3.63) is 34.6 Å². The van der Waals surface area contributed by atoms with E-state index in [2.05, 4.69) is 41.7 Å². The van der Waals surface area contributed by atoms with Crippen molar-refractivity contribution in [2.75, 3.05) is 11.9 Å². The number of hydrogen-bond acceptors (Lipinski definition) is 6. The Hall–Kier alpha value is -1.80. The second kappa shape index (κ2) is 5.68. The van der Waals surface area contributed by atoms with Crippen LogP contribution in [0.2, 0.25) is 0 Å². The molecule has 2 N–H and O–H groups in total. The number of hydrogen-bond donors (Lipinski definition) is 2. The molecule has 1 saturated heterocycles. The number of pyridine rings is 1. The number of amides is 1. The average molecular weight is 338 g/mol. The van der Waals surface area contributed by atoms with Crippen LogP contribution >= 0.6 is 15.9 Å². The molecule has 1 fully saturated rings. The summed E-state index contributed by atoms with van der Waals surface area (Å²) in [6, 6.07) is 1.73. The largest absolute Gasteiger partial charge is 0.337 e. The Morgan fingerprint density at radius 1 is 1.55 bits per heavy atom. The lowest BCUT2D eigenvalue weighted by atomic mass is 10.2. The minimum absolute atomic E-state index is 0.0254. The summed E-state index contributed by atoms with van der Waals surface area (Å²) in [6.45, 7) is 0.929. The number of rotatable bonds is 3. The first kappa shape index (κ1) is 13.2. The van der Waals surface area contributed by atoms with Gasteiger partial charge in [-0.2, -0.15) is 4.98 Å². The smallest absolute Gasteiger partial charge is 0.297 e. The van der Waals surface area contributed by atoms with E-state index < -0.39 is 5.91 Å². The SMILES string of the molecule is O=C(Nc1ccncc1Br)c1noc(C2CCCN2)n1. The monoisotopic (exact) mass is 337 g/mol. The fourth-order valence-corrected chi connectivity index (χ4v) is 2.37. The summed E-state index contributed by atoms with van der Waals surface area (Å²) < 4.78 is 5.82. The quantitative estimate of drug-likeness (QED) is 0.888. The molecule has 0 aliphatic carbocycles. The highest BCUT2D eigenvalue weighted by Crippen LogP contribution is 2.22. The number of aromatic nitrogens is 3. The number of halogens is 1. The van der Waals surface area contributed by atoms with Gasteiger partial charge in [-0.15, -0.1) is 0 Å². The molecule has 1 atom stereocenters. The molecule has 2 aromatic heterocycles. The van der Waals surface area contributed by atoms with E-state index in [-0.39, 0.29) is 11.9 Å². The summed E-state index contributed by atoms with van der Waals surface area (Å²) >= 11 is 3.30. The number of nitrogens with one attached hydrogen (secondary N) is 2. The molecule has 1 unspecified atom stereocenters. The van der Waals surface area contributed by atoms with Crippen LogP contribution < -0.4 is 10.6 Å². The van der Waals surface area contributed by atoms with Gasteiger partial charge in [0.15, 0.2) is 0 Å². The molecule has 1 aliphatic rings. The first-order chi connectivity index (χ1) is 9.74. The molecule has 7 nitrogen and oxygen atoms in total. The Morgan fingerprint density at radius 3 is 3.20 bits per heavy atom. The van der Waals surface area contributed by atoms with Gasteiger partial charge >= 0.3 is 0 Å². The molecule has 2 aromatic rings. The minimum atomic E-state index is -0.412. The Morgan fingerprint density at radius 2 is 2.45 bits per heavy atom. The van der Waals surface area contributed by atoms with Crippen molar-refractivity contribution in [3.8, 4) is 0 Å². The van der Waals surface area contributed by atoms with Crippen LogP contribution in [-0.4, -0.2) is 27.6 Å². The predicted molar refractivity (Wildman–Crippen MR) is 74.2 cm³/mol. The molecular weight excluding hydrogens is 326 g/mol. The molecule has 104 valence electrons. The van der Waals surface area contributed by atoms with Gasteiger partial charge in [-0.1, -0.05) is 5.16 Å². The molecule has 0 spiro atoms. The molecule has 3 rings (SSSR count). The van der Waals surface area contributed by atoms with E-state index in [4.69, 9.17) is 4.52 Å². The van der Waals surface area contributed by atoms with Crippen molar-refractivity contribution >= 4 is 27.5 Å². The van der Waals surface area contributed by atoms with Crippen molar-refractivity contribution < 1.29 is 9.32 Å². The highest BCUT2D eigenvalue weighted by atomic mass is 79.9. The van der Waals surface area contributed by atoms with E-state index in [1.165, 1.54) is 0 Å². The van der Waals surface area contributed by atoms with Gasteiger partial charge in [0.25, 0.3) is 11.7 Å². The van der Waals surface area contributed by atoms with Crippen LogP contribution in [0.3, 0.4) is 0 Å². The molecule has 0 radical (unpaired) electrons. The minimum Gasteiger partial charge on any atom is -0.337 e. The van der Waals surface area contributed by atoms with Crippen molar-refractivity contribution in [1.82, 2.24) is 20.4 Å². The molecule has 0 aromatic carbocycles. The Bertz CT molecular complexity index is 624. The summed E-state index contributed by atoms with van der Waals surface area (Å²) in [7, 11) is 0. The second-order valence-electron chi connectivity index (χ2n) is 4.41. The second-order valence-corrected chi connectivity index (χ2v) is 5.27. The van der Waals surface area contributed by atoms with Crippen LogP contribution in [0.5, 0.6) is 0 Å². The van der Waals surface area contributed by atoms with Gasteiger partial charge in [0.1, 0.15) is 0 Å². The van der Waals surface area contributed by atoms with Gasteiger partial charge in [-0.05, 0) is 41.4 Å². The van der Waals surface area contributed by atoms with E-state index in [1.807, 2.05) is 0 Å². The third kappa shape index (κ3) is 2.70. The topological polar surface area (TPSA) is 92.9 Å². The molecule has 1 amide bonds. The third-order valence-electron chi connectivity index (χ3n) is 3.02. The summed E-state index contributed by atoms with van der Waals surface area (Å²) in [6.07, 6.45) is 5.20. The lowest BCUT2D eigenvalue weighted by Crippen LogP contribution is -2.16. The van der Waals surface area contributed by atoms with Gasteiger partial charge in [0, 0.05) is 12.4 Å². The maximum atomic E-state index is 12.0. The van der Waals surface area contributed by atoms with Crippen molar-refractivity contribution in [2.24, 2.45) is 0 Å². The molecular formula is C12H12BrN5O2. The van der Waals surface area contributed by atoms with Gasteiger partial charge in [-0.25, -0.2) is 0 Å². The molecule has 0 saturated carbocycles. The van der Waals surface area contributed by atoms with E-state index in [9.17, 15) is 4.79 Å². The Balaban J connectivity index is 1.73. The van der Waals surface area contributed by atoms with Crippen molar-refractivity contribution in [3.63, 3.8) is 0 Å². The maximum Gasteiger partial charge on any atom is 0.297 e. The fourth-order valence-electron chi connectivity index (χ4n) is 2.02. The number of nitrogens with zero attached hydrogens (tertiary/aromatic N) is 3. The number of carbonyl (C=O) groups is 1. The Labute approximate surface area is 123 Å². The molecule has 20 heavy (non-hydrogen) atoms. The lowest BCUT2D eigenvalue weighted by molar-refractivity contribution is 0.101. The predicted octanol–water partition coefficient (Wildman–Crippen LogP) is 1.90. The zero-order chi connectivity index (χ0) is 13.9. The summed E-state index contributed by atoms with van der Waals surface area (Å²) in [4.78, 5) is 20.1. The molecule has 1 aliphatic heterocycles.